The molecule has 7 nitrogen and oxygen atoms in total. The van der Waals surface area contributed by atoms with Crippen LogP contribution in [0, 0.1) is 18.2 Å². The molecule has 128 valence electrons. The molecule has 0 spiro atoms. The molecule has 3 aromatic rings. The predicted octanol–water partition coefficient (Wildman–Crippen LogP) is 0.882. The van der Waals surface area contributed by atoms with Crippen molar-refractivity contribution in [3.05, 3.63) is 44.9 Å². The molecule has 0 aliphatic carbocycles. The summed E-state index contributed by atoms with van der Waals surface area (Å²) in [6.07, 6.45) is 5.24. The summed E-state index contributed by atoms with van der Waals surface area (Å²) in [7, 11) is 4.50. The fourth-order valence-electron chi connectivity index (χ4n) is 2.74. The second-order valence-corrected chi connectivity index (χ2v) is 5.45. The highest BCUT2D eigenvalue weighted by atomic mass is 19.1. The first kappa shape index (κ1) is 16.5. The third kappa shape index (κ3) is 2.41. The Morgan fingerprint density at radius 3 is 2.60 bits per heavy atom. The number of aryl methyl sites for hydroxylation is 2. The SMILES string of the molecule is C#CCn1c(=O)c2c(nc(-c3ccc(OC)c(F)c3)n2C)n(C)c1=O. The van der Waals surface area contributed by atoms with E-state index in [-0.39, 0.29) is 23.5 Å². The van der Waals surface area contributed by atoms with Gasteiger partial charge >= 0.3 is 5.69 Å². The second kappa shape index (κ2) is 5.94. The first-order valence-corrected chi connectivity index (χ1v) is 7.34. The number of rotatable bonds is 3. The van der Waals surface area contributed by atoms with Gasteiger partial charge in [0.15, 0.2) is 22.7 Å². The number of imidazole rings is 1. The zero-order valence-corrected chi connectivity index (χ0v) is 13.9. The Morgan fingerprint density at radius 1 is 1.28 bits per heavy atom. The highest BCUT2D eigenvalue weighted by Gasteiger charge is 2.19. The van der Waals surface area contributed by atoms with Crippen molar-refractivity contribution in [2.75, 3.05) is 7.11 Å². The number of ether oxygens (including phenoxy) is 1. The van der Waals surface area contributed by atoms with Gasteiger partial charge in [-0.25, -0.2) is 18.7 Å². The average molecular weight is 342 g/mol. The van der Waals surface area contributed by atoms with E-state index in [1.54, 1.807) is 13.1 Å². The van der Waals surface area contributed by atoms with Gasteiger partial charge in [0, 0.05) is 19.7 Å². The third-order valence-electron chi connectivity index (χ3n) is 4.02. The van der Waals surface area contributed by atoms with E-state index in [0.717, 1.165) is 4.57 Å². The minimum atomic E-state index is -0.555. The molecular formula is C17H15FN4O3. The lowest BCUT2D eigenvalue weighted by Gasteiger charge is -2.06. The van der Waals surface area contributed by atoms with Gasteiger partial charge < -0.3 is 9.30 Å². The number of nitrogens with zero attached hydrogens (tertiary/aromatic N) is 4. The van der Waals surface area contributed by atoms with Crippen molar-refractivity contribution in [2.45, 2.75) is 6.54 Å². The van der Waals surface area contributed by atoms with Gasteiger partial charge in [0.2, 0.25) is 0 Å². The molecule has 0 saturated carbocycles. The second-order valence-electron chi connectivity index (χ2n) is 5.45. The van der Waals surface area contributed by atoms with E-state index < -0.39 is 17.1 Å². The molecule has 0 amide bonds. The summed E-state index contributed by atoms with van der Waals surface area (Å²) in [6.45, 7) is -0.140. The lowest BCUT2D eigenvalue weighted by atomic mass is 10.2. The van der Waals surface area contributed by atoms with E-state index in [2.05, 4.69) is 10.9 Å². The fraction of sp³-hybridized carbons (Fsp3) is 0.235. The Hall–Kier alpha value is -3.34. The Labute approximate surface area is 141 Å². The number of aromatic nitrogens is 4. The summed E-state index contributed by atoms with van der Waals surface area (Å²) in [6, 6.07) is 4.36. The van der Waals surface area contributed by atoms with Gasteiger partial charge in [0.25, 0.3) is 5.56 Å². The Morgan fingerprint density at radius 2 is 2.00 bits per heavy atom. The molecule has 0 atom stereocenters. The van der Waals surface area contributed by atoms with Crippen molar-refractivity contribution in [3.63, 3.8) is 0 Å². The highest BCUT2D eigenvalue weighted by Crippen LogP contribution is 2.26. The third-order valence-corrected chi connectivity index (χ3v) is 4.02. The Balaban J connectivity index is 2.35. The minimum absolute atomic E-state index is 0.103. The lowest BCUT2D eigenvalue weighted by molar-refractivity contribution is 0.386. The minimum Gasteiger partial charge on any atom is -0.494 e. The normalized spacial score (nSPS) is 10.8. The number of halogens is 1. The van der Waals surface area contributed by atoms with Crippen molar-refractivity contribution in [2.24, 2.45) is 14.1 Å². The van der Waals surface area contributed by atoms with Gasteiger partial charge in [0.05, 0.1) is 13.7 Å². The Bertz CT molecular complexity index is 1150. The number of hydrogen-bond acceptors (Lipinski definition) is 4. The molecule has 0 aliphatic heterocycles. The summed E-state index contributed by atoms with van der Waals surface area (Å²) in [5.74, 6) is 2.19. The van der Waals surface area contributed by atoms with E-state index in [4.69, 9.17) is 11.2 Å². The van der Waals surface area contributed by atoms with Gasteiger partial charge in [-0.3, -0.25) is 9.36 Å². The molecule has 2 heterocycles. The molecule has 0 radical (unpaired) electrons. The van der Waals surface area contributed by atoms with Crippen LogP contribution in [0.25, 0.3) is 22.6 Å². The van der Waals surface area contributed by atoms with E-state index in [0.29, 0.717) is 11.4 Å². The van der Waals surface area contributed by atoms with Crippen LogP contribution in [0.4, 0.5) is 4.39 Å². The van der Waals surface area contributed by atoms with E-state index >= 15 is 0 Å². The quantitative estimate of drug-likeness (QED) is 0.663. The zero-order valence-electron chi connectivity index (χ0n) is 13.9. The van der Waals surface area contributed by atoms with Crippen LogP contribution in [-0.4, -0.2) is 25.8 Å². The smallest absolute Gasteiger partial charge is 0.333 e. The molecule has 25 heavy (non-hydrogen) atoms. The molecule has 0 saturated heterocycles. The summed E-state index contributed by atoms with van der Waals surface area (Å²) >= 11 is 0. The first-order chi connectivity index (χ1) is 11.9. The summed E-state index contributed by atoms with van der Waals surface area (Å²) in [4.78, 5) is 29.3. The molecule has 0 aliphatic rings. The van der Waals surface area contributed by atoms with Crippen LogP contribution in [0.2, 0.25) is 0 Å². The van der Waals surface area contributed by atoms with E-state index in [1.807, 2.05) is 0 Å². The monoisotopic (exact) mass is 342 g/mol. The van der Waals surface area contributed by atoms with Crippen LogP contribution in [0.3, 0.4) is 0 Å². The van der Waals surface area contributed by atoms with Crippen LogP contribution in [-0.2, 0) is 20.6 Å². The number of benzene rings is 1. The number of methoxy groups -OCH3 is 1. The van der Waals surface area contributed by atoms with Crippen LogP contribution >= 0.6 is 0 Å². The van der Waals surface area contributed by atoms with Crippen LogP contribution in [0.5, 0.6) is 5.75 Å². The van der Waals surface area contributed by atoms with Gasteiger partial charge in [-0.15, -0.1) is 6.42 Å². The number of hydrogen-bond donors (Lipinski definition) is 0. The summed E-state index contributed by atoms with van der Waals surface area (Å²) < 4.78 is 22.6. The van der Waals surface area contributed by atoms with Gasteiger partial charge in [0.1, 0.15) is 5.82 Å². The predicted molar refractivity (Wildman–Crippen MR) is 91.0 cm³/mol. The average Bonchev–Trinajstić information content (AvgIpc) is 2.94. The Kier molecular flexibility index (Phi) is 3.93. The van der Waals surface area contributed by atoms with E-state index in [1.165, 1.54) is 35.4 Å². The topological polar surface area (TPSA) is 71.1 Å². The van der Waals surface area contributed by atoms with E-state index in [9.17, 15) is 14.0 Å². The van der Waals surface area contributed by atoms with Crippen molar-refractivity contribution in [3.8, 4) is 29.5 Å². The maximum absolute atomic E-state index is 14.0. The van der Waals surface area contributed by atoms with Crippen molar-refractivity contribution >= 4 is 11.2 Å². The van der Waals surface area contributed by atoms with Crippen LogP contribution in [0.1, 0.15) is 0 Å². The largest absolute Gasteiger partial charge is 0.494 e. The van der Waals surface area contributed by atoms with Gasteiger partial charge in [-0.2, -0.15) is 0 Å². The van der Waals surface area contributed by atoms with Gasteiger partial charge in [-0.05, 0) is 18.2 Å². The first-order valence-electron chi connectivity index (χ1n) is 7.34. The zero-order chi connectivity index (χ0) is 18.3. The number of terminal acetylenes is 1. The maximum atomic E-state index is 14.0. The molecule has 0 fully saturated rings. The van der Waals surface area contributed by atoms with Crippen LogP contribution in [0.15, 0.2) is 27.8 Å². The summed E-state index contributed by atoms with van der Waals surface area (Å²) in [5.41, 5.74) is -0.222. The molecule has 0 N–H and O–H groups in total. The highest BCUT2D eigenvalue weighted by molar-refractivity contribution is 5.77. The summed E-state index contributed by atoms with van der Waals surface area (Å²) in [5, 5.41) is 0. The van der Waals surface area contributed by atoms with Crippen LogP contribution < -0.4 is 16.0 Å². The molecule has 0 unspecified atom stereocenters. The number of fused-ring (bicyclic) bond motifs is 1. The molecule has 3 rings (SSSR count). The molecular weight excluding hydrogens is 327 g/mol. The maximum Gasteiger partial charge on any atom is 0.333 e. The van der Waals surface area contributed by atoms with Gasteiger partial charge in [-0.1, -0.05) is 5.92 Å². The molecule has 0 bridgehead atoms. The van der Waals surface area contributed by atoms with Crippen molar-refractivity contribution in [1.82, 2.24) is 18.7 Å². The molecule has 1 aromatic carbocycles. The van der Waals surface area contributed by atoms with Crippen molar-refractivity contribution in [1.29, 1.82) is 0 Å². The lowest BCUT2D eigenvalue weighted by Crippen LogP contribution is -2.39. The molecule has 8 heteroatoms. The fourth-order valence-corrected chi connectivity index (χ4v) is 2.74. The van der Waals surface area contributed by atoms with Crippen molar-refractivity contribution < 1.29 is 9.13 Å². The standard InChI is InChI=1S/C17H15FN4O3/c1-5-8-22-16(23)13-15(21(3)17(22)24)19-14(20(13)2)10-6-7-12(25-4)11(18)9-10/h1,6-7,9H,8H2,2-4H3. The molecule has 2 aromatic heterocycles.